The minimum absolute atomic E-state index is 0.0773. The second-order valence-corrected chi connectivity index (χ2v) is 6.53. The lowest BCUT2D eigenvalue weighted by atomic mass is 9.90. The van der Waals surface area contributed by atoms with Gasteiger partial charge in [-0.25, -0.2) is 4.79 Å². The van der Waals surface area contributed by atoms with Crippen LogP contribution in [-0.4, -0.2) is 41.3 Å². The first-order valence-electron chi connectivity index (χ1n) is 8.21. The minimum Gasteiger partial charge on any atom is -0.434 e. The van der Waals surface area contributed by atoms with Gasteiger partial charge < -0.3 is 20.1 Å². The van der Waals surface area contributed by atoms with Crippen LogP contribution in [0.1, 0.15) is 30.4 Å². The SMILES string of the molecule is Cc1ccc(OC(F)F)c(CNC(=O)N2C3CCC2C(CO)C3)c1. The molecule has 2 bridgehead atoms. The van der Waals surface area contributed by atoms with Gasteiger partial charge in [0.25, 0.3) is 0 Å². The van der Waals surface area contributed by atoms with Crippen molar-refractivity contribution in [1.29, 1.82) is 0 Å². The Hall–Kier alpha value is -1.89. The van der Waals surface area contributed by atoms with Gasteiger partial charge in [0.05, 0.1) is 0 Å². The molecule has 2 N–H and O–H groups in total. The van der Waals surface area contributed by atoms with Gasteiger partial charge in [0.1, 0.15) is 5.75 Å². The molecule has 2 amide bonds. The van der Waals surface area contributed by atoms with Gasteiger partial charge in [-0.2, -0.15) is 8.78 Å². The Morgan fingerprint density at radius 3 is 2.92 bits per heavy atom. The van der Waals surface area contributed by atoms with Crippen LogP contribution in [0.2, 0.25) is 0 Å². The number of ether oxygens (including phenoxy) is 1. The summed E-state index contributed by atoms with van der Waals surface area (Å²) in [6.07, 6.45) is 2.70. The van der Waals surface area contributed by atoms with Gasteiger partial charge in [-0.15, -0.1) is 0 Å². The Morgan fingerprint density at radius 2 is 2.25 bits per heavy atom. The van der Waals surface area contributed by atoms with E-state index in [-0.39, 0.29) is 42.9 Å². The number of benzene rings is 1. The molecule has 2 saturated heterocycles. The summed E-state index contributed by atoms with van der Waals surface area (Å²) in [5, 5.41) is 12.2. The zero-order valence-electron chi connectivity index (χ0n) is 13.5. The monoisotopic (exact) mass is 340 g/mol. The van der Waals surface area contributed by atoms with Crippen LogP contribution in [0.15, 0.2) is 18.2 Å². The summed E-state index contributed by atoms with van der Waals surface area (Å²) in [7, 11) is 0. The standard InChI is InChI=1S/C17H22F2N2O3/c1-10-2-5-15(24-16(18)19)11(6-10)8-20-17(23)21-13-3-4-14(21)12(7-13)9-22/h2,5-6,12-14,16,22H,3-4,7-9H2,1H3,(H,20,23). The largest absolute Gasteiger partial charge is 0.434 e. The summed E-state index contributed by atoms with van der Waals surface area (Å²) in [6, 6.07) is 4.95. The van der Waals surface area contributed by atoms with Crippen molar-refractivity contribution in [2.45, 2.75) is 51.4 Å². The average molecular weight is 340 g/mol. The molecule has 3 unspecified atom stereocenters. The van der Waals surface area contributed by atoms with Gasteiger partial charge >= 0.3 is 12.6 Å². The first-order chi connectivity index (χ1) is 11.5. The fourth-order valence-corrected chi connectivity index (χ4v) is 3.94. The zero-order valence-corrected chi connectivity index (χ0v) is 13.5. The highest BCUT2D eigenvalue weighted by Crippen LogP contribution is 2.41. The van der Waals surface area contributed by atoms with Crippen molar-refractivity contribution in [3.05, 3.63) is 29.3 Å². The van der Waals surface area contributed by atoms with Crippen molar-refractivity contribution in [3.63, 3.8) is 0 Å². The molecule has 3 atom stereocenters. The molecule has 24 heavy (non-hydrogen) atoms. The van der Waals surface area contributed by atoms with Gasteiger partial charge in [-0.3, -0.25) is 0 Å². The third-order valence-corrected chi connectivity index (χ3v) is 5.00. The Bertz CT molecular complexity index is 611. The number of hydrogen-bond donors (Lipinski definition) is 2. The van der Waals surface area contributed by atoms with Gasteiger partial charge in [0.15, 0.2) is 0 Å². The van der Waals surface area contributed by atoms with Crippen molar-refractivity contribution in [3.8, 4) is 5.75 Å². The molecule has 2 fully saturated rings. The summed E-state index contributed by atoms with van der Waals surface area (Å²) in [5.41, 5.74) is 1.43. The molecular formula is C17H22F2N2O3. The number of alkyl halides is 2. The lowest BCUT2D eigenvalue weighted by Crippen LogP contribution is -2.43. The highest BCUT2D eigenvalue weighted by molar-refractivity contribution is 5.76. The van der Waals surface area contributed by atoms with Gasteiger partial charge in [-0.1, -0.05) is 17.7 Å². The summed E-state index contributed by atoms with van der Waals surface area (Å²) < 4.78 is 29.5. The van der Waals surface area contributed by atoms with E-state index in [0.29, 0.717) is 5.56 Å². The third-order valence-electron chi connectivity index (χ3n) is 5.00. The fraction of sp³-hybridized carbons (Fsp3) is 0.588. The number of nitrogens with zero attached hydrogens (tertiary/aromatic N) is 1. The van der Waals surface area contributed by atoms with E-state index in [9.17, 15) is 18.7 Å². The summed E-state index contributed by atoms with van der Waals surface area (Å²) >= 11 is 0. The predicted molar refractivity (Wildman–Crippen MR) is 83.9 cm³/mol. The van der Waals surface area contributed by atoms with Crippen LogP contribution < -0.4 is 10.1 Å². The second kappa shape index (κ2) is 6.93. The Labute approximate surface area is 139 Å². The lowest BCUT2D eigenvalue weighted by Gasteiger charge is -2.24. The van der Waals surface area contributed by atoms with E-state index in [2.05, 4.69) is 10.1 Å². The van der Waals surface area contributed by atoms with Crippen molar-refractivity contribution in [1.82, 2.24) is 10.2 Å². The van der Waals surface area contributed by atoms with E-state index in [1.807, 2.05) is 11.8 Å². The number of rotatable bonds is 5. The number of carbonyl (C=O) groups is 1. The topological polar surface area (TPSA) is 61.8 Å². The average Bonchev–Trinajstić information content (AvgIpc) is 3.12. The first kappa shape index (κ1) is 17.0. The molecular weight excluding hydrogens is 318 g/mol. The number of halogens is 2. The molecule has 5 nitrogen and oxygen atoms in total. The predicted octanol–water partition coefficient (Wildman–Crippen LogP) is 2.65. The molecule has 2 aliphatic rings. The number of aliphatic hydroxyl groups is 1. The summed E-state index contributed by atoms with van der Waals surface area (Å²) in [6.45, 7) is -0.830. The maximum Gasteiger partial charge on any atom is 0.387 e. The molecule has 3 rings (SSSR count). The maximum absolute atomic E-state index is 12.5. The van der Waals surface area contributed by atoms with Crippen molar-refractivity contribution in [2.75, 3.05) is 6.61 Å². The smallest absolute Gasteiger partial charge is 0.387 e. The number of urea groups is 1. The molecule has 0 spiro atoms. The van der Waals surface area contributed by atoms with E-state index in [0.717, 1.165) is 24.8 Å². The van der Waals surface area contributed by atoms with Gasteiger partial charge in [0.2, 0.25) is 0 Å². The molecule has 2 aliphatic heterocycles. The van der Waals surface area contributed by atoms with Gasteiger partial charge in [-0.05, 0) is 32.3 Å². The molecule has 2 heterocycles. The van der Waals surface area contributed by atoms with Crippen LogP contribution in [-0.2, 0) is 6.54 Å². The molecule has 0 aliphatic carbocycles. The molecule has 7 heteroatoms. The first-order valence-corrected chi connectivity index (χ1v) is 8.21. The Balaban J connectivity index is 1.66. The molecule has 1 aromatic carbocycles. The van der Waals surface area contributed by atoms with Crippen molar-refractivity contribution >= 4 is 6.03 Å². The number of aryl methyl sites for hydroxylation is 1. The third kappa shape index (κ3) is 3.31. The van der Waals surface area contributed by atoms with E-state index < -0.39 is 6.61 Å². The Kier molecular flexibility index (Phi) is 4.89. The second-order valence-electron chi connectivity index (χ2n) is 6.53. The van der Waals surface area contributed by atoms with E-state index in [1.165, 1.54) is 6.07 Å². The van der Waals surface area contributed by atoms with Crippen LogP contribution in [0.3, 0.4) is 0 Å². The molecule has 0 aromatic heterocycles. The fourth-order valence-electron chi connectivity index (χ4n) is 3.94. The number of hydrogen-bond acceptors (Lipinski definition) is 3. The lowest BCUT2D eigenvalue weighted by molar-refractivity contribution is -0.0504. The van der Waals surface area contributed by atoms with Crippen molar-refractivity contribution in [2.24, 2.45) is 5.92 Å². The number of fused-ring (bicyclic) bond motifs is 2. The highest BCUT2D eigenvalue weighted by Gasteiger charge is 2.48. The molecule has 0 radical (unpaired) electrons. The number of amides is 2. The zero-order chi connectivity index (χ0) is 17.3. The van der Waals surface area contributed by atoms with Crippen LogP contribution in [0.4, 0.5) is 13.6 Å². The van der Waals surface area contributed by atoms with E-state index in [4.69, 9.17) is 0 Å². The normalized spacial score (nSPS) is 25.4. The molecule has 132 valence electrons. The number of carbonyl (C=O) groups excluding carboxylic acids is 1. The summed E-state index contributed by atoms with van der Waals surface area (Å²) in [4.78, 5) is 14.3. The van der Waals surface area contributed by atoms with Crippen LogP contribution >= 0.6 is 0 Å². The van der Waals surface area contributed by atoms with Gasteiger partial charge in [0, 0.05) is 36.7 Å². The van der Waals surface area contributed by atoms with Crippen LogP contribution in [0.5, 0.6) is 5.75 Å². The van der Waals surface area contributed by atoms with E-state index in [1.54, 1.807) is 12.1 Å². The van der Waals surface area contributed by atoms with E-state index >= 15 is 0 Å². The Morgan fingerprint density at radius 1 is 1.46 bits per heavy atom. The number of nitrogens with one attached hydrogen (secondary N) is 1. The van der Waals surface area contributed by atoms with Crippen LogP contribution in [0, 0.1) is 12.8 Å². The van der Waals surface area contributed by atoms with Crippen molar-refractivity contribution < 1.29 is 23.4 Å². The van der Waals surface area contributed by atoms with Crippen LogP contribution in [0.25, 0.3) is 0 Å². The minimum atomic E-state index is -2.90. The summed E-state index contributed by atoms with van der Waals surface area (Å²) in [5.74, 6) is 0.222. The molecule has 1 aromatic rings. The maximum atomic E-state index is 12.5. The highest BCUT2D eigenvalue weighted by atomic mass is 19.3. The molecule has 0 saturated carbocycles. The number of aliphatic hydroxyl groups excluding tert-OH is 1. The quantitative estimate of drug-likeness (QED) is 0.866.